The van der Waals surface area contributed by atoms with Crippen molar-refractivity contribution in [3.63, 3.8) is 0 Å². The maximum absolute atomic E-state index is 12.1. The molecule has 2 aromatic rings. The molecule has 4 heteroatoms. The number of carbonyl (C=O) groups is 1. The van der Waals surface area contributed by atoms with E-state index in [-0.39, 0.29) is 11.9 Å². The molecule has 0 radical (unpaired) electrons. The van der Waals surface area contributed by atoms with Crippen molar-refractivity contribution in [2.45, 2.75) is 25.8 Å². The third kappa shape index (κ3) is 4.50. The van der Waals surface area contributed by atoms with Crippen LogP contribution >= 0.6 is 11.6 Å². The van der Waals surface area contributed by atoms with E-state index in [1.165, 1.54) is 0 Å². The standard InChI is InChI=1S/C18H20ClNO2/c1-13(16-5-3-4-6-17(16)22-2)20-18(21)12-9-14-7-10-15(19)11-8-14/h3-8,10-11,13H,9,12H2,1-2H3,(H,20,21)/t13-/m1/s1. The lowest BCUT2D eigenvalue weighted by Gasteiger charge is -2.17. The van der Waals surface area contributed by atoms with Gasteiger partial charge in [0.15, 0.2) is 0 Å². The molecule has 2 aromatic carbocycles. The Morgan fingerprint density at radius 2 is 1.86 bits per heavy atom. The number of hydrogen-bond donors (Lipinski definition) is 1. The highest BCUT2D eigenvalue weighted by molar-refractivity contribution is 6.30. The molecule has 3 nitrogen and oxygen atoms in total. The molecule has 0 unspecified atom stereocenters. The van der Waals surface area contributed by atoms with Gasteiger partial charge in [0.2, 0.25) is 5.91 Å². The van der Waals surface area contributed by atoms with Gasteiger partial charge in [0.25, 0.3) is 0 Å². The molecule has 22 heavy (non-hydrogen) atoms. The summed E-state index contributed by atoms with van der Waals surface area (Å²) in [7, 11) is 1.63. The third-order valence-corrected chi connectivity index (χ3v) is 3.79. The lowest BCUT2D eigenvalue weighted by molar-refractivity contribution is -0.121. The minimum atomic E-state index is -0.0890. The Kier molecular flexibility index (Phi) is 5.84. The number of benzene rings is 2. The fourth-order valence-corrected chi connectivity index (χ4v) is 2.45. The van der Waals surface area contributed by atoms with Crippen LogP contribution in [0.1, 0.15) is 30.5 Å². The van der Waals surface area contributed by atoms with E-state index in [1.807, 2.05) is 55.5 Å². The summed E-state index contributed by atoms with van der Waals surface area (Å²) in [6.45, 7) is 1.96. The van der Waals surface area contributed by atoms with Crippen molar-refractivity contribution in [3.05, 3.63) is 64.7 Å². The molecular weight excluding hydrogens is 298 g/mol. The van der Waals surface area contributed by atoms with Crippen LogP contribution in [0.15, 0.2) is 48.5 Å². The van der Waals surface area contributed by atoms with Gasteiger partial charge in [-0.3, -0.25) is 4.79 Å². The average Bonchev–Trinajstić information content (AvgIpc) is 2.54. The van der Waals surface area contributed by atoms with Crippen LogP contribution in [0, 0.1) is 0 Å². The normalized spacial score (nSPS) is 11.8. The molecule has 2 rings (SSSR count). The minimum absolute atomic E-state index is 0.0216. The molecule has 0 bridgehead atoms. The maximum Gasteiger partial charge on any atom is 0.220 e. The first kappa shape index (κ1) is 16.4. The monoisotopic (exact) mass is 317 g/mol. The fraction of sp³-hybridized carbons (Fsp3) is 0.278. The summed E-state index contributed by atoms with van der Waals surface area (Å²) in [6.07, 6.45) is 1.14. The quantitative estimate of drug-likeness (QED) is 0.868. The van der Waals surface area contributed by atoms with Crippen LogP contribution in [0.3, 0.4) is 0 Å². The summed E-state index contributed by atoms with van der Waals surface area (Å²) < 4.78 is 5.32. The van der Waals surface area contributed by atoms with E-state index < -0.39 is 0 Å². The summed E-state index contributed by atoms with van der Waals surface area (Å²) in [5.41, 5.74) is 2.08. The molecular formula is C18H20ClNO2. The van der Waals surface area contributed by atoms with Crippen LogP contribution in [0.4, 0.5) is 0 Å². The lowest BCUT2D eigenvalue weighted by atomic mass is 10.1. The predicted octanol–water partition coefficient (Wildman–Crippen LogP) is 4.16. The van der Waals surface area contributed by atoms with Gasteiger partial charge in [0.1, 0.15) is 5.75 Å². The fourth-order valence-electron chi connectivity index (χ4n) is 2.32. The number of aryl methyl sites for hydroxylation is 1. The molecule has 1 amide bonds. The van der Waals surface area contributed by atoms with Crippen molar-refractivity contribution < 1.29 is 9.53 Å². The van der Waals surface area contributed by atoms with Crippen molar-refractivity contribution in [1.82, 2.24) is 5.32 Å². The van der Waals surface area contributed by atoms with Gasteiger partial charge < -0.3 is 10.1 Å². The van der Waals surface area contributed by atoms with Crippen molar-refractivity contribution in [2.24, 2.45) is 0 Å². The molecule has 0 aliphatic rings. The molecule has 0 aliphatic carbocycles. The number of amides is 1. The van der Waals surface area contributed by atoms with Crippen molar-refractivity contribution in [2.75, 3.05) is 7.11 Å². The van der Waals surface area contributed by atoms with Crippen LogP contribution in [0.5, 0.6) is 5.75 Å². The zero-order valence-electron chi connectivity index (χ0n) is 12.8. The minimum Gasteiger partial charge on any atom is -0.496 e. The molecule has 1 N–H and O–H groups in total. The summed E-state index contributed by atoms with van der Waals surface area (Å²) in [5, 5.41) is 3.71. The van der Waals surface area contributed by atoms with Crippen LogP contribution < -0.4 is 10.1 Å². The van der Waals surface area contributed by atoms with Gasteiger partial charge in [0, 0.05) is 17.0 Å². The van der Waals surface area contributed by atoms with E-state index in [9.17, 15) is 4.79 Å². The number of para-hydroxylation sites is 1. The highest BCUT2D eigenvalue weighted by atomic mass is 35.5. The Balaban J connectivity index is 1.90. The summed E-state index contributed by atoms with van der Waals surface area (Å²) in [4.78, 5) is 12.1. The first-order valence-electron chi connectivity index (χ1n) is 7.27. The largest absolute Gasteiger partial charge is 0.496 e. The zero-order chi connectivity index (χ0) is 15.9. The van der Waals surface area contributed by atoms with Gasteiger partial charge in [0.05, 0.1) is 13.2 Å². The van der Waals surface area contributed by atoms with E-state index in [0.29, 0.717) is 17.9 Å². The molecule has 0 aromatic heterocycles. The van der Waals surface area contributed by atoms with Gasteiger partial charge in [-0.1, -0.05) is 41.9 Å². The number of methoxy groups -OCH3 is 1. The molecule has 116 valence electrons. The van der Waals surface area contributed by atoms with Crippen LogP contribution in [-0.4, -0.2) is 13.0 Å². The van der Waals surface area contributed by atoms with Gasteiger partial charge in [-0.25, -0.2) is 0 Å². The molecule has 0 saturated heterocycles. The van der Waals surface area contributed by atoms with E-state index in [0.717, 1.165) is 16.9 Å². The Morgan fingerprint density at radius 3 is 2.55 bits per heavy atom. The van der Waals surface area contributed by atoms with Gasteiger partial charge in [-0.05, 0) is 37.1 Å². The van der Waals surface area contributed by atoms with E-state index in [2.05, 4.69) is 5.32 Å². The second-order valence-electron chi connectivity index (χ2n) is 5.16. The van der Waals surface area contributed by atoms with Crippen LogP contribution in [0.25, 0.3) is 0 Å². The average molecular weight is 318 g/mol. The van der Waals surface area contributed by atoms with Gasteiger partial charge >= 0.3 is 0 Å². The van der Waals surface area contributed by atoms with Crippen LogP contribution in [0.2, 0.25) is 5.02 Å². The van der Waals surface area contributed by atoms with Gasteiger partial charge in [-0.2, -0.15) is 0 Å². The van der Waals surface area contributed by atoms with E-state index in [1.54, 1.807) is 7.11 Å². The predicted molar refractivity (Wildman–Crippen MR) is 89.3 cm³/mol. The number of hydrogen-bond acceptors (Lipinski definition) is 2. The number of halogens is 1. The number of carbonyl (C=O) groups excluding carboxylic acids is 1. The van der Waals surface area contributed by atoms with Crippen LogP contribution in [-0.2, 0) is 11.2 Å². The second kappa shape index (κ2) is 7.85. The number of rotatable bonds is 6. The first-order chi connectivity index (χ1) is 10.6. The smallest absolute Gasteiger partial charge is 0.220 e. The molecule has 0 spiro atoms. The second-order valence-corrected chi connectivity index (χ2v) is 5.59. The Bertz CT molecular complexity index is 625. The summed E-state index contributed by atoms with van der Waals surface area (Å²) in [5.74, 6) is 0.807. The molecule has 0 aliphatic heterocycles. The number of nitrogens with one attached hydrogen (secondary N) is 1. The molecule has 0 saturated carbocycles. The molecule has 0 heterocycles. The topological polar surface area (TPSA) is 38.3 Å². The highest BCUT2D eigenvalue weighted by Gasteiger charge is 2.13. The SMILES string of the molecule is COc1ccccc1[C@@H](C)NC(=O)CCc1ccc(Cl)cc1. The summed E-state index contributed by atoms with van der Waals surface area (Å²) in [6, 6.07) is 15.2. The number of ether oxygens (including phenoxy) is 1. The third-order valence-electron chi connectivity index (χ3n) is 3.54. The Labute approximate surface area is 136 Å². The van der Waals surface area contributed by atoms with E-state index in [4.69, 9.17) is 16.3 Å². The van der Waals surface area contributed by atoms with E-state index >= 15 is 0 Å². The van der Waals surface area contributed by atoms with Crippen molar-refractivity contribution in [1.29, 1.82) is 0 Å². The molecule has 0 fully saturated rings. The lowest BCUT2D eigenvalue weighted by Crippen LogP contribution is -2.27. The molecule has 1 atom stereocenters. The van der Waals surface area contributed by atoms with Crippen molar-refractivity contribution >= 4 is 17.5 Å². The maximum atomic E-state index is 12.1. The summed E-state index contributed by atoms with van der Waals surface area (Å²) >= 11 is 5.85. The zero-order valence-corrected chi connectivity index (χ0v) is 13.6. The first-order valence-corrected chi connectivity index (χ1v) is 7.64. The Morgan fingerprint density at radius 1 is 1.18 bits per heavy atom. The van der Waals surface area contributed by atoms with Gasteiger partial charge in [-0.15, -0.1) is 0 Å². The Hall–Kier alpha value is -2.00. The highest BCUT2D eigenvalue weighted by Crippen LogP contribution is 2.24. The van der Waals surface area contributed by atoms with Crippen molar-refractivity contribution in [3.8, 4) is 5.75 Å².